The van der Waals surface area contributed by atoms with Crippen LogP contribution in [0.3, 0.4) is 0 Å². The molecule has 0 aliphatic carbocycles. The molecule has 0 saturated heterocycles. The van der Waals surface area contributed by atoms with Crippen LogP contribution >= 0.6 is 23.4 Å². The summed E-state index contributed by atoms with van der Waals surface area (Å²) in [5.74, 6) is 0.705. The largest absolute Gasteiger partial charge is 0.496 e. The molecule has 1 heterocycles. The highest BCUT2D eigenvalue weighted by atomic mass is 35.5. The van der Waals surface area contributed by atoms with Crippen molar-refractivity contribution in [2.24, 2.45) is 0 Å². The molecule has 0 unspecified atom stereocenters. The molecule has 6 heteroatoms. The van der Waals surface area contributed by atoms with Crippen molar-refractivity contribution in [3.05, 3.63) is 69.6 Å². The summed E-state index contributed by atoms with van der Waals surface area (Å²) in [5, 5.41) is 0.614. The Morgan fingerprint density at radius 2 is 1.73 bits per heavy atom. The maximum atomic E-state index is 13.1. The van der Waals surface area contributed by atoms with Crippen molar-refractivity contribution in [3.63, 3.8) is 0 Å². The summed E-state index contributed by atoms with van der Waals surface area (Å²) in [6.45, 7) is 2.17. The molecule has 0 bridgehead atoms. The number of ether oxygens (including phenoxy) is 1. The predicted octanol–water partition coefficient (Wildman–Crippen LogP) is 4.38. The molecule has 0 N–H and O–H groups in total. The molecule has 0 saturated carbocycles. The normalized spacial score (nSPS) is 14.3. The molecule has 2 aromatic rings. The minimum absolute atomic E-state index is 0.210. The molecule has 0 aromatic heterocycles. The van der Waals surface area contributed by atoms with E-state index in [9.17, 15) is 9.59 Å². The lowest BCUT2D eigenvalue weighted by Crippen LogP contribution is -2.30. The first kappa shape index (κ1) is 18.5. The number of methoxy groups -OCH3 is 1. The van der Waals surface area contributed by atoms with Crippen molar-refractivity contribution in [1.29, 1.82) is 0 Å². The quantitative estimate of drug-likeness (QED) is 0.690. The second kappa shape index (κ2) is 7.98. The van der Waals surface area contributed by atoms with E-state index in [0.717, 1.165) is 5.56 Å². The van der Waals surface area contributed by atoms with E-state index in [1.165, 1.54) is 16.7 Å². The van der Waals surface area contributed by atoms with Gasteiger partial charge >= 0.3 is 0 Å². The third-order valence-electron chi connectivity index (χ3n) is 4.04. The summed E-state index contributed by atoms with van der Waals surface area (Å²) >= 11 is 7.29. The summed E-state index contributed by atoms with van der Waals surface area (Å²) in [4.78, 5) is 27.8. The van der Waals surface area contributed by atoms with Crippen LogP contribution in [0.1, 0.15) is 18.1 Å². The van der Waals surface area contributed by atoms with E-state index in [0.29, 0.717) is 32.6 Å². The number of thioether (sulfide) groups is 1. The van der Waals surface area contributed by atoms with Gasteiger partial charge in [0.1, 0.15) is 5.75 Å². The van der Waals surface area contributed by atoms with Gasteiger partial charge in [-0.3, -0.25) is 14.5 Å². The molecule has 0 spiro atoms. The van der Waals surface area contributed by atoms with Crippen LogP contribution in [0.15, 0.2) is 53.4 Å². The van der Waals surface area contributed by atoms with Gasteiger partial charge in [0.05, 0.1) is 24.1 Å². The summed E-state index contributed by atoms with van der Waals surface area (Å²) < 4.78 is 5.39. The Bertz CT molecular complexity index is 877. The number of imide groups is 1. The fourth-order valence-corrected chi connectivity index (χ4v) is 3.83. The van der Waals surface area contributed by atoms with Gasteiger partial charge in [-0.2, -0.15) is 0 Å². The zero-order valence-corrected chi connectivity index (χ0v) is 16.1. The second-order valence-corrected chi connectivity index (χ2v) is 7.37. The van der Waals surface area contributed by atoms with Gasteiger partial charge in [0.2, 0.25) is 0 Å². The van der Waals surface area contributed by atoms with Gasteiger partial charge < -0.3 is 4.74 Å². The first-order valence-corrected chi connectivity index (χ1v) is 9.54. The number of halogens is 1. The average molecular weight is 388 g/mol. The first-order valence-electron chi connectivity index (χ1n) is 8.18. The molecule has 2 amide bonds. The third kappa shape index (κ3) is 3.50. The molecule has 1 aliphatic rings. The van der Waals surface area contributed by atoms with Crippen LogP contribution < -0.4 is 4.74 Å². The minimum atomic E-state index is -0.301. The van der Waals surface area contributed by atoms with Crippen molar-refractivity contribution >= 4 is 40.8 Å². The molecule has 4 nitrogen and oxygen atoms in total. The van der Waals surface area contributed by atoms with E-state index in [-0.39, 0.29) is 18.4 Å². The van der Waals surface area contributed by atoms with Crippen molar-refractivity contribution in [3.8, 4) is 5.75 Å². The number of hydrogen-bond donors (Lipinski definition) is 0. The standard InChI is InChI=1S/C20H18ClNO3S/c1-3-26-18-17(15-6-4-5-7-16(15)25-2)19(23)22(20(18)24)12-13-8-10-14(21)11-9-13/h4-11H,3,12H2,1-2H3. The topological polar surface area (TPSA) is 46.6 Å². The Hall–Kier alpha value is -2.24. The number of nitrogens with zero attached hydrogens (tertiary/aromatic N) is 1. The van der Waals surface area contributed by atoms with Crippen molar-refractivity contribution in [2.75, 3.05) is 12.9 Å². The van der Waals surface area contributed by atoms with E-state index in [1.54, 1.807) is 31.4 Å². The van der Waals surface area contributed by atoms with Crippen molar-refractivity contribution in [1.82, 2.24) is 4.90 Å². The zero-order chi connectivity index (χ0) is 18.7. The number of carbonyl (C=O) groups is 2. The van der Waals surface area contributed by atoms with Gasteiger partial charge in [-0.1, -0.05) is 48.9 Å². The lowest BCUT2D eigenvalue weighted by molar-refractivity contribution is -0.137. The van der Waals surface area contributed by atoms with Gasteiger partial charge in [-0.05, 0) is 29.5 Å². The maximum absolute atomic E-state index is 13.1. The molecule has 134 valence electrons. The monoisotopic (exact) mass is 387 g/mol. The van der Waals surface area contributed by atoms with Crippen LogP contribution in [0, 0.1) is 0 Å². The number of benzene rings is 2. The average Bonchev–Trinajstić information content (AvgIpc) is 2.88. The van der Waals surface area contributed by atoms with E-state index in [4.69, 9.17) is 16.3 Å². The molecule has 26 heavy (non-hydrogen) atoms. The van der Waals surface area contributed by atoms with Gasteiger partial charge in [0.25, 0.3) is 11.8 Å². The molecule has 0 radical (unpaired) electrons. The highest BCUT2D eigenvalue weighted by Crippen LogP contribution is 2.39. The number of amides is 2. The molecular weight excluding hydrogens is 370 g/mol. The Labute approximate surface area is 161 Å². The van der Waals surface area contributed by atoms with E-state index < -0.39 is 0 Å². The lowest BCUT2D eigenvalue weighted by Gasteiger charge is -2.15. The van der Waals surface area contributed by atoms with Gasteiger partial charge in [0, 0.05) is 10.6 Å². The highest BCUT2D eigenvalue weighted by Gasteiger charge is 2.39. The zero-order valence-electron chi connectivity index (χ0n) is 14.5. The minimum Gasteiger partial charge on any atom is -0.496 e. The van der Waals surface area contributed by atoms with Gasteiger partial charge in [-0.15, -0.1) is 11.8 Å². The molecule has 0 atom stereocenters. The van der Waals surface area contributed by atoms with Gasteiger partial charge in [0.15, 0.2) is 0 Å². The second-order valence-electron chi connectivity index (χ2n) is 5.66. The van der Waals surface area contributed by atoms with Crippen LogP contribution in [-0.4, -0.2) is 29.6 Å². The Balaban J connectivity index is 2.00. The molecular formula is C20H18ClNO3S. The number of para-hydroxylation sites is 1. The van der Waals surface area contributed by atoms with E-state index >= 15 is 0 Å². The van der Waals surface area contributed by atoms with Crippen LogP contribution in [0.4, 0.5) is 0 Å². The molecule has 0 fully saturated rings. The smallest absolute Gasteiger partial charge is 0.268 e. The third-order valence-corrected chi connectivity index (χ3v) is 5.25. The summed E-state index contributed by atoms with van der Waals surface area (Å²) in [6, 6.07) is 14.4. The SMILES string of the molecule is CCSC1=C(c2ccccc2OC)C(=O)N(Cc2ccc(Cl)cc2)C1=O. The van der Waals surface area contributed by atoms with Gasteiger partial charge in [-0.25, -0.2) is 0 Å². The predicted molar refractivity (Wildman–Crippen MR) is 105 cm³/mol. The fourth-order valence-electron chi connectivity index (χ4n) is 2.84. The number of rotatable bonds is 6. The highest BCUT2D eigenvalue weighted by molar-refractivity contribution is 8.04. The number of carbonyl (C=O) groups excluding carboxylic acids is 2. The molecule has 2 aromatic carbocycles. The number of hydrogen-bond acceptors (Lipinski definition) is 4. The lowest BCUT2D eigenvalue weighted by atomic mass is 10.0. The van der Waals surface area contributed by atoms with Crippen LogP contribution in [0.2, 0.25) is 5.02 Å². The summed E-state index contributed by atoms with van der Waals surface area (Å²) in [6.07, 6.45) is 0. The van der Waals surface area contributed by atoms with Crippen molar-refractivity contribution in [2.45, 2.75) is 13.5 Å². The Morgan fingerprint density at radius 3 is 2.38 bits per heavy atom. The van der Waals surface area contributed by atoms with Crippen LogP contribution in [-0.2, 0) is 16.1 Å². The van der Waals surface area contributed by atoms with Crippen LogP contribution in [0.5, 0.6) is 5.75 Å². The fraction of sp³-hybridized carbons (Fsp3) is 0.200. The van der Waals surface area contributed by atoms with E-state index in [2.05, 4.69) is 0 Å². The summed E-state index contributed by atoms with van der Waals surface area (Å²) in [5.41, 5.74) is 1.90. The Morgan fingerprint density at radius 1 is 1.04 bits per heavy atom. The Kier molecular flexibility index (Phi) is 5.69. The first-order chi connectivity index (χ1) is 12.6. The molecule has 3 rings (SSSR count). The van der Waals surface area contributed by atoms with E-state index in [1.807, 2.05) is 31.2 Å². The maximum Gasteiger partial charge on any atom is 0.268 e. The van der Waals surface area contributed by atoms with Crippen molar-refractivity contribution < 1.29 is 14.3 Å². The van der Waals surface area contributed by atoms with Crippen LogP contribution in [0.25, 0.3) is 5.57 Å². The molecule has 1 aliphatic heterocycles. The summed E-state index contributed by atoms with van der Waals surface area (Å²) in [7, 11) is 1.55.